The van der Waals surface area contributed by atoms with Gasteiger partial charge in [-0.1, -0.05) is 11.6 Å². The molecule has 2 nitrogen and oxygen atoms in total. The molecule has 1 atom stereocenters. The summed E-state index contributed by atoms with van der Waals surface area (Å²) in [5.41, 5.74) is 1.38. The van der Waals surface area contributed by atoms with E-state index in [1.54, 1.807) is 6.92 Å². The van der Waals surface area contributed by atoms with E-state index >= 15 is 0 Å². The maximum absolute atomic E-state index is 8.39. The maximum atomic E-state index is 8.39. The standard InChI is InChI=1S/C5H10.C4H10O2/c1-4-5(2)3;1-4(6)2-3-5/h4H,1-3H3;4-6H,2-3H2,1H3. The van der Waals surface area contributed by atoms with Crippen molar-refractivity contribution in [2.24, 2.45) is 0 Å². The van der Waals surface area contributed by atoms with Gasteiger partial charge in [0, 0.05) is 6.61 Å². The zero-order valence-corrected chi connectivity index (χ0v) is 7.96. The van der Waals surface area contributed by atoms with E-state index in [-0.39, 0.29) is 12.7 Å². The largest absolute Gasteiger partial charge is 0.396 e. The van der Waals surface area contributed by atoms with E-state index in [1.165, 1.54) is 5.57 Å². The summed E-state index contributed by atoms with van der Waals surface area (Å²) in [5, 5.41) is 16.5. The molecule has 0 saturated heterocycles. The molecule has 0 aromatic heterocycles. The van der Waals surface area contributed by atoms with Crippen LogP contribution in [0.2, 0.25) is 0 Å². The number of hydrogen-bond donors (Lipinski definition) is 2. The Hall–Kier alpha value is -0.340. The first kappa shape index (κ1) is 13.3. The van der Waals surface area contributed by atoms with E-state index < -0.39 is 0 Å². The predicted octanol–water partition coefficient (Wildman–Crippen LogP) is 1.72. The van der Waals surface area contributed by atoms with Gasteiger partial charge < -0.3 is 10.2 Å². The highest BCUT2D eigenvalue weighted by atomic mass is 16.3. The molecule has 0 rings (SSSR count). The number of aliphatic hydroxyl groups excluding tert-OH is 2. The van der Waals surface area contributed by atoms with Crippen LogP contribution < -0.4 is 0 Å². The lowest BCUT2D eigenvalue weighted by Crippen LogP contribution is -2.00. The average Bonchev–Trinajstić information content (AvgIpc) is 1.89. The van der Waals surface area contributed by atoms with E-state index in [0.717, 1.165) is 0 Å². The summed E-state index contributed by atoms with van der Waals surface area (Å²) in [7, 11) is 0. The van der Waals surface area contributed by atoms with E-state index in [2.05, 4.69) is 19.9 Å². The monoisotopic (exact) mass is 160 g/mol. The fourth-order valence-electron chi connectivity index (χ4n) is 0.187. The van der Waals surface area contributed by atoms with Crippen LogP contribution in [0, 0.1) is 0 Å². The molecule has 0 aliphatic carbocycles. The normalized spacial score (nSPS) is 11.1. The second-order valence-corrected chi connectivity index (χ2v) is 2.73. The molecule has 0 spiro atoms. The van der Waals surface area contributed by atoms with Crippen LogP contribution in [0.5, 0.6) is 0 Å². The van der Waals surface area contributed by atoms with Gasteiger partial charge in [-0.05, 0) is 34.1 Å². The zero-order valence-electron chi connectivity index (χ0n) is 7.96. The first-order valence-corrected chi connectivity index (χ1v) is 3.93. The van der Waals surface area contributed by atoms with Gasteiger partial charge in [-0.25, -0.2) is 0 Å². The van der Waals surface area contributed by atoms with Crippen LogP contribution in [0.15, 0.2) is 11.6 Å². The van der Waals surface area contributed by atoms with Gasteiger partial charge in [-0.3, -0.25) is 0 Å². The summed E-state index contributed by atoms with van der Waals surface area (Å²) in [6.07, 6.45) is 2.22. The van der Waals surface area contributed by atoms with Gasteiger partial charge in [-0.15, -0.1) is 0 Å². The molecule has 0 aliphatic heterocycles. The predicted molar refractivity (Wildman–Crippen MR) is 48.5 cm³/mol. The van der Waals surface area contributed by atoms with Gasteiger partial charge in [0.05, 0.1) is 6.10 Å². The topological polar surface area (TPSA) is 40.5 Å². The first-order chi connectivity index (χ1) is 5.04. The SMILES string of the molecule is CC(O)CCO.CC=C(C)C. The maximum Gasteiger partial charge on any atom is 0.0533 e. The molecular formula is C9H20O2. The Bertz CT molecular complexity index is 91.7. The smallest absolute Gasteiger partial charge is 0.0533 e. The van der Waals surface area contributed by atoms with Crippen molar-refractivity contribution in [2.45, 2.75) is 40.2 Å². The summed E-state index contributed by atoms with van der Waals surface area (Å²) in [6, 6.07) is 0. The lowest BCUT2D eigenvalue weighted by molar-refractivity contribution is 0.148. The van der Waals surface area contributed by atoms with E-state index in [4.69, 9.17) is 10.2 Å². The molecule has 0 aliphatic rings. The van der Waals surface area contributed by atoms with E-state index in [0.29, 0.717) is 6.42 Å². The number of aliphatic hydroxyl groups is 2. The zero-order chi connectivity index (χ0) is 9.28. The fraction of sp³-hybridized carbons (Fsp3) is 0.778. The van der Waals surface area contributed by atoms with Crippen LogP contribution in [-0.4, -0.2) is 22.9 Å². The van der Waals surface area contributed by atoms with Crippen molar-refractivity contribution in [3.8, 4) is 0 Å². The molecule has 0 fully saturated rings. The third-order valence-electron chi connectivity index (χ3n) is 1.12. The van der Waals surface area contributed by atoms with Crippen LogP contribution in [0.4, 0.5) is 0 Å². The second kappa shape index (κ2) is 9.66. The van der Waals surface area contributed by atoms with Crippen molar-refractivity contribution in [3.63, 3.8) is 0 Å². The van der Waals surface area contributed by atoms with Crippen molar-refractivity contribution < 1.29 is 10.2 Å². The second-order valence-electron chi connectivity index (χ2n) is 2.73. The minimum atomic E-state index is -0.352. The molecule has 0 heterocycles. The Balaban J connectivity index is 0. The summed E-state index contributed by atoms with van der Waals surface area (Å²) in [6.45, 7) is 7.93. The molecule has 0 aromatic carbocycles. The summed E-state index contributed by atoms with van der Waals surface area (Å²) >= 11 is 0. The molecule has 0 bridgehead atoms. The van der Waals surface area contributed by atoms with Gasteiger partial charge in [-0.2, -0.15) is 0 Å². The Morgan fingerprint density at radius 3 is 1.82 bits per heavy atom. The molecule has 68 valence electrons. The molecule has 0 aromatic rings. The van der Waals surface area contributed by atoms with Crippen LogP contribution in [0.25, 0.3) is 0 Å². The summed E-state index contributed by atoms with van der Waals surface area (Å²) in [5.74, 6) is 0. The third-order valence-corrected chi connectivity index (χ3v) is 1.12. The Kier molecular flexibility index (Phi) is 11.6. The molecule has 0 radical (unpaired) electrons. The van der Waals surface area contributed by atoms with Gasteiger partial charge >= 0.3 is 0 Å². The van der Waals surface area contributed by atoms with Gasteiger partial charge in [0.1, 0.15) is 0 Å². The lowest BCUT2D eigenvalue weighted by atomic mass is 10.3. The van der Waals surface area contributed by atoms with Crippen LogP contribution in [0.1, 0.15) is 34.1 Å². The molecule has 11 heavy (non-hydrogen) atoms. The molecular weight excluding hydrogens is 140 g/mol. The summed E-state index contributed by atoms with van der Waals surface area (Å²) in [4.78, 5) is 0. The van der Waals surface area contributed by atoms with Crippen molar-refractivity contribution in [3.05, 3.63) is 11.6 Å². The van der Waals surface area contributed by atoms with E-state index in [9.17, 15) is 0 Å². The Morgan fingerprint density at radius 1 is 1.45 bits per heavy atom. The molecule has 1 unspecified atom stereocenters. The van der Waals surface area contributed by atoms with Gasteiger partial charge in [0.15, 0.2) is 0 Å². The van der Waals surface area contributed by atoms with Gasteiger partial charge in [0.2, 0.25) is 0 Å². The minimum Gasteiger partial charge on any atom is -0.396 e. The quantitative estimate of drug-likeness (QED) is 0.604. The minimum absolute atomic E-state index is 0.0810. The van der Waals surface area contributed by atoms with Crippen molar-refractivity contribution in [1.29, 1.82) is 0 Å². The average molecular weight is 160 g/mol. The number of allylic oxidation sites excluding steroid dienone is 2. The first-order valence-electron chi connectivity index (χ1n) is 3.93. The van der Waals surface area contributed by atoms with Crippen LogP contribution >= 0.6 is 0 Å². The molecule has 0 saturated carbocycles. The highest BCUT2D eigenvalue weighted by Gasteiger charge is 1.88. The Labute approximate surface area is 69.6 Å². The molecule has 2 N–H and O–H groups in total. The Morgan fingerprint density at radius 2 is 1.82 bits per heavy atom. The lowest BCUT2D eigenvalue weighted by Gasteiger charge is -1.95. The van der Waals surface area contributed by atoms with Gasteiger partial charge in [0.25, 0.3) is 0 Å². The van der Waals surface area contributed by atoms with Crippen LogP contribution in [-0.2, 0) is 0 Å². The van der Waals surface area contributed by atoms with Crippen molar-refractivity contribution in [1.82, 2.24) is 0 Å². The van der Waals surface area contributed by atoms with Crippen LogP contribution in [0.3, 0.4) is 0 Å². The van der Waals surface area contributed by atoms with Crippen molar-refractivity contribution >= 4 is 0 Å². The van der Waals surface area contributed by atoms with E-state index in [1.807, 2.05) is 6.92 Å². The highest BCUT2D eigenvalue weighted by Crippen LogP contribution is 1.83. The molecule has 2 heteroatoms. The highest BCUT2D eigenvalue weighted by molar-refractivity contribution is 4.88. The fourth-order valence-corrected chi connectivity index (χ4v) is 0.187. The molecule has 0 amide bonds. The number of rotatable bonds is 2. The summed E-state index contributed by atoms with van der Waals surface area (Å²) < 4.78 is 0. The van der Waals surface area contributed by atoms with Crippen molar-refractivity contribution in [2.75, 3.05) is 6.61 Å². The third kappa shape index (κ3) is 26.1. The number of hydrogen-bond acceptors (Lipinski definition) is 2.